The summed E-state index contributed by atoms with van der Waals surface area (Å²) in [4.78, 5) is 11.8. The second-order valence-electron chi connectivity index (χ2n) is 4.34. The summed E-state index contributed by atoms with van der Waals surface area (Å²) < 4.78 is 5.57. The Morgan fingerprint density at radius 1 is 1.40 bits per heavy atom. The molecule has 1 aromatic carbocycles. The van der Waals surface area contributed by atoms with Gasteiger partial charge in [0.25, 0.3) is 0 Å². The maximum absolute atomic E-state index is 10.8. The van der Waals surface area contributed by atoms with Gasteiger partial charge in [-0.3, -0.25) is 0 Å². The number of hydrogen-bond donors (Lipinski definition) is 2. The third-order valence-electron chi connectivity index (χ3n) is 2.67. The van der Waals surface area contributed by atoms with Gasteiger partial charge in [-0.2, -0.15) is 0 Å². The Hall–Kier alpha value is -2.01. The van der Waals surface area contributed by atoms with Crippen molar-refractivity contribution in [3.63, 3.8) is 0 Å². The number of rotatable bonds is 7. The maximum Gasteiger partial charge on any atom is 0.336 e. The molecule has 5 heteroatoms. The van der Waals surface area contributed by atoms with Gasteiger partial charge >= 0.3 is 5.97 Å². The van der Waals surface area contributed by atoms with Crippen LogP contribution in [0.1, 0.15) is 28.6 Å². The van der Waals surface area contributed by atoms with Crippen LogP contribution in [0.3, 0.4) is 0 Å². The molecule has 1 aromatic heterocycles. The van der Waals surface area contributed by atoms with E-state index >= 15 is 0 Å². The molecule has 0 unspecified atom stereocenters. The topological polar surface area (TPSA) is 58.6 Å². The standard InChI is InChI=1S/C15H17NO3S/c1-2-6-19-13-5-3-4-12(8-13)16-9-14-7-11(10-20-14)15(17)18/h3-5,7-8,10,16H,2,6,9H2,1H3,(H,17,18). The number of nitrogens with one attached hydrogen (secondary N) is 1. The molecule has 0 bridgehead atoms. The minimum absolute atomic E-state index is 0.340. The zero-order valence-corrected chi connectivity index (χ0v) is 12.1. The minimum atomic E-state index is -0.887. The van der Waals surface area contributed by atoms with Crippen LogP contribution in [0.25, 0.3) is 0 Å². The van der Waals surface area contributed by atoms with Crippen LogP contribution < -0.4 is 10.1 Å². The summed E-state index contributed by atoms with van der Waals surface area (Å²) in [6.07, 6.45) is 0.977. The van der Waals surface area contributed by atoms with Gasteiger partial charge in [0.15, 0.2) is 0 Å². The van der Waals surface area contributed by atoms with Gasteiger partial charge in [-0.25, -0.2) is 4.79 Å². The van der Waals surface area contributed by atoms with Gasteiger partial charge in [0.2, 0.25) is 0 Å². The maximum atomic E-state index is 10.8. The van der Waals surface area contributed by atoms with Crippen molar-refractivity contribution in [3.8, 4) is 5.75 Å². The lowest BCUT2D eigenvalue weighted by Gasteiger charge is -2.08. The van der Waals surface area contributed by atoms with Crippen molar-refractivity contribution in [2.45, 2.75) is 19.9 Å². The molecule has 0 spiro atoms. The van der Waals surface area contributed by atoms with Gasteiger partial charge < -0.3 is 15.2 Å². The van der Waals surface area contributed by atoms with Crippen LogP contribution in [-0.4, -0.2) is 17.7 Å². The molecule has 4 nitrogen and oxygen atoms in total. The number of carboxylic acid groups (broad SMARTS) is 1. The summed E-state index contributed by atoms with van der Waals surface area (Å²) in [6, 6.07) is 9.46. The van der Waals surface area contributed by atoms with E-state index in [1.165, 1.54) is 11.3 Å². The fraction of sp³-hybridized carbons (Fsp3) is 0.267. The average molecular weight is 291 g/mol. The van der Waals surface area contributed by atoms with Gasteiger partial charge in [-0.1, -0.05) is 13.0 Å². The van der Waals surface area contributed by atoms with Crippen molar-refractivity contribution < 1.29 is 14.6 Å². The number of hydrogen-bond acceptors (Lipinski definition) is 4. The van der Waals surface area contributed by atoms with Gasteiger partial charge in [-0.05, 0) is 24.6 Å². The third kappa shape index (κ3) is 3.99. The van der Waals surface area contributed by atoms with Crippen LogP contribution in [0.4, 0.5) is 5.69 Å². The molecule has 2 aromatic rings. The summed E-state index contributed by atoms with van der Waals surface area (Å²) in [7, 11) is 0. The molecular weight excluding hydrogens is 274 g/mol. The highest BCUT2D eigenvalue weighted by Crippen LogP contribution is 2.20. The van der Waals surface area contributed by atoms with E-state index in [1.54, 1.807) is 11.4 Å². The molecule has 0 fully saturated rings. The zero-order valence-electron chi connectivity index (χ0n) is 11.3. The number of benzene rings is 1. The van der Waals surface area contributed by atoms with Crippen molar-refractivity contribution in [2.75, 3.05) is 11.9 Å². The predicted octanol–water partition coefficient (Wildman–Crippen LogP) is 3.85. The van der Waals surface area contributed by atoms with E-state index in [4.69, 9.17) is 9.84 Å². The molecule has 0 amide bonds. The summed E-state index contributed by atoms with van der Waals surface area (Å²) in [6.45, 7) is 3.38. The SMILES string of the molecule is CCCOc1cccc(NCc2cc(C(=O)O)cs2)c1. The molecule has 2 rings (SSSR count). The molecule has 2 N–H and O–H groups in total. The van der Waals surface area contributed by atoms with Crippen molar-refractivity contribution in [3.05, 3.63) is 46.2 Å². The number of carboxylic acids is 1. The molecule has 20 heavy (non-hydrogen) atoms. The normalized spacial score (nSPS) is 10.2. The van der Waals surface area contributed by atoms with E-state index in [0.717, 1.165) is 22.7 Å². The molecular formula is C15H17NO3S. The number of ether oxygens (including phenoxy) is 1. The molecule has 106 valence electrons. The van der Waals surface area contributed by atoms with Gasteiger partial charge in [0, 0.05) is 28.6 Å². The fourth-order valence-corrected chi connectivity index (χ4v) is 2.49. The van der Waals surface area contributed by atoms with E-state index in [-0.39, 0.29) is 0 Å². The van der Waals surface area contributed by atoms with Crippen LogP contribution in [0, 0.1) is 0 Å². The van der Waals surface area contributed by atoms with Crippen LogP contribution in [0.5, 0.6) is 5.75 Å². The van der Waals surface area contributed by atoms with Crippen LogP contribution in [-0.2, 0) is 6.54 Å². The Balaban J connectivity index is 1.94. The third-order valence-corrected chi connectivity index (χ3v) is 3.61. The number of carbonyl (C=O) groups is 1. The fourth-order valence-electron chi connectivity index (χ4n) is 1.69. The van der Waals surface area contributed by atoms with Crippen molar-refractivity contribution in [2.24, 2.45) is 0 Å². The highest BCUT2D eigenvalue weighted by molar-refractivity contribution is 7.10. The molecule has 0 saturated heterocycles. The lowest BCUT2D eigenvalue weighted by Crippen LogP contribution is -1.99. The van der Waals surface area contributed by atoms with Crippen molar-refractivity contribution in [1.29, 1.82) is 0 Å². The van der Waals surface area contributed by atoms with E-state index in [9.17, 15) is 4.79 Å². The first-order valence-corrected chi connectivity index (χ1v) is 7.34. The van der Waals surface area contributed by atoms with E-state index in [1.807, 2.05) is 24.3 Å². The number of anilines is 1. The number of aromatic carboxylic acids is 1. The van der Waals surface area contributed by atoms with Crippen molar-refractivity contribution in [1.82, 2.24) is 0 Å². The van der Waals surface area contributed by atoms with E-state index in [2.05, 4.69) is 12.2 Å². The Labute approximate surface area is 122 Å². The highest BCUT2D eigenvalue weighted by atomic mass is 32.1. The highest BCUT2D eigenvalue weighted by Gasteiger charge is 2.06. The van der Waals surface area contributed by atoms with Gasteiger partial charge in [0.05, 0.1) is 12.2 Å². The van der Waals surface area contributed by atoms with Crippen LogP contribution in [0.15, 0.2) is 35.7 Å². The van der Waals surface area contributed by atoms with E-state index < -0.39 is 5.97 Å². The second kappa shape index (κ2) is 6.96. The molecule has 0 aliphatic rings. The Kier molecular flexibility index (Phi) is 5.01. The average Bonchev–Trinajstić information content (AvgIpc) is 2.92. The molecule has 0 atom stereocenters. The second-order valence-corrected chi connectivity index (χ2v) is 5.33. The first kappa shape index (κ1) is 14.4. The largest absolute Gasteiger partial charge is 0.494 e. The Bertz CT molecular complexity index is 580. The van der Waals surface area contributed by atoms with Crippen LogP contribution in [0.2, 0.25) is 0 Å². The zero-order chi connectivity index (χ0) is 14.4. The van der Waals surface area contributed by atoms with Crippen LogP contribution >= 0.6 is 11.3 Å². The Morgan fingerprint density at radius 2 is 2.25 bits per heavy atom. The summed E-state index contributed by atoms with van der Waals surface area (Å²) in [5.74, 6) is -0.0447. The molecule has 0 aliphatic carbocycles. The van der Waals surface area contributed by atoms with Gasteiger partial charge in [-0.15, -0.1) is 11.3 Å². The predicted molar refractivity (Wildman–Crippen MR) is 80.8 cm³/mol. The lowest BCUT2D eigenvalue weighted by molar-refractivity contribution is 0.0697. The lowest BCUT2D eigenvalue weighted by atomic mass is 10.3. The minimum Gasteiger partial charge on any atom is -0.494 e. The Morgan fingerprint density at radius 3 is 2.95 bits per heavy atom. The summed E-state index contributed by atoms with van der Waals surface area (Å²) in [5, 5.41) is 13.8. The molecule has 0 saturated carbocycles. The first-order chi connectivity index (χ1) is 9.69. The molecule has 0 radical (unpaired) electrons. The van der Waals surface area contributed by atoms with Gasteiger partial charge in [0.1, 0.15) is 5.75 Å². The molecule has 1 heterocycles. The van der Waals surface area contributed by atoms with Crippen molar-refractivity contribution >= 4 is 23.0 Å². The van der Waals surface area contributed by atoms with E-state index in [0.29, 0.717) is 18.7 Å². The quantitative estimate of drug-likeness (QED) is 0.813. The first-order valence-electron chi connectivity index (χ1n) is 6.46. The number of thiophene rings is 1. The monoisotopic (exact) mass is 291 g/mol. The summed E-state index contributed by atoms with van der Waals surface area (Å²) >= 11 is 1.44. The summed E-state index contributed by atoms with van der Waals surface area (Å²) in [5.41, 5.74) is 1.30. The molecule has 0 aliphatic heterocycles. The smallest absolute Gasteiger partial charge is 0.336 e.